The zero-order valence-corrected chi connectivity index (χ0v) is 9.61. The lowest BCUT2D eigenvalue weighted by Crippen LogP contribution is -2.29. The molecule has 0 saturated heterocycles. The second-order valence-electron chi connectivity index (χ2n) is 3.47. The van der Waals surface area contributed by atoms with E-state index in [9.17, 15) is 14.9 Å². The molecule has 0 aromatic carbocycles. The van der Waals surface area contributed by atoms with Gasteiger partial charge in [0.1, 0.15) is 12.0 Å². The molecule has 0 bridgehead atoms. The number of aromatic nitrogens is 2. The van der Waals surface area contributed by atoms with Crippen LogP contribution >= 0.6 is 0 Å². The Hall–Kier alpha value is -3.03. The summed E-state index contributed by atoms with van der Waals surface area (Å²) in [7, 11) is 0. The summed E-state index contributed by atoms with van der Waals surface area (Å²) in [5.41, 5.74) is 5.29. The normalized spacial score (nSPS) is 9.68. The molecule has 8 nitrogen and oxygen atoms in total. The molecular formula is C11H9N5O3. The minimum absolute atomic E-state index is 0.119. The first-order valence-electron chi connectivity index (χ1n) is 5.23. The highest BCUT2D eigenvalue weighted by molar-refractivity contribution is 5.94. The second kappa shape index (κ2) is 5.54. The molecular weight excluding hydrogens is 250 g/mol. The van der Waals surface area contributed by atoms with Crippen LogP contribution in [0.2, 0.25) is 0 Å². The molecule has 0 fully saturated rings. The fraction of sp³-hybridized carbons (Fsp3) is 0. The topological polar surface area (TPSA) is 110 Å². The van der Waals surface area contributed by atoms with Crippen LogP contribution in [0.1, 0.15) is 10.4 Å². The second-order valence-corrected chi connectivity index (χ2v) is 3.47. The van der Waals surface area contributed by atoms with E-state index in [2.05, 4.69) is 20.8 Å². The Bertz CT molecular complexity index is 585. The van der Waals surface area contributed by atoms with Gasteiger partial charge < -0.3 is 0 Å². The Morgan fingerprint density at radius 1 is 1.21 bits per heavy atom. The van der Waals surface area contributed by atoms with Gasteiger partial charge in [0.15, 0.2) is 0 Å². The number of nitrogens with zero attached hydrogens (tertiary/aromatic N) is 3. The highest BCUT2D eigenvalue weighted by Gasteiger charge is 2.07. The standard InChI is InChI=1S/C11H9N5O3/c17-11(8-3-5-12-6-4-8)15-14-10-2-1-9(7-13-10)16(18)19/h1-7H,(H,13,14)(H,15,17). The summed E-state index contributed by atoms with van der Waals surface area (Å²) >= 11 is 0. The highest BCUT2D eigenvalue weighted by atomic mass is 16.6. The summed E-state index contributed by atoms with van der Waals surface area (Å²) in [5.74, 6) is -0.0597. The van der Waals surface area contributed by atoms with Crippen LogP contribution in [0.25, 0.3) is 0 Å². The first kappa shape index (κ1) is 12.4. The van der Waals surface area contributed by atoms with Gasteiger partial charge in [0.2, 0.25) is 0 Å². The van der Waals surface area contributed by atoms with E-state index >= 15 is 0 Å². The van der Waals surface area contributed by atoms with Crippen LogP contribution in [0.15, 0.2) is 42.9 Å². The third kappa shape index (κ3) is 3.22. The Kier molecular flexibility index (Phi) is 3.62. The predicted molar refractivity (Wildman–Crippen MR) is 66.2 cm³/mol. The van der Waals surface area contributed by atoms with Crippen LogP contribution in [-0.2, 0) is 0 Å². The van der Waals surface area contributed by atoms with Gasteiger partial charge in [-0.2, -0.15) is 0 Å². The first-order chi connectivity index (χ1) is 9.16. The maximum absolute atomic E-state index is 11.7. The average molecular weight is 259 g/mol. The van der Waals surface area contributed by atoms with Gasteiger partial charge in [-0.3, -0.25) is 30.7 Å². The molecule has 2 heterocycles. The number of amides is 1. The largest absolute Gasteiger partial charge is 0.287 e. The molecule has 0 saturated carbocycles. The fourth-order valence-electron chi connectivity index (χ4n) is 1.26. The van der Waals surface area contributed by atoms with Gasteiger partial charge in [-0.1, -0.05) is 0 Å². The van der Waals surface area contributed by atoms with Crippen molar-refractivity contribution in [3.05, 3.63) is 58.5 Å². The lowest BCUT2D eigenvalue weighted by molar-refractivity contribution is -0.385. The number of anilines is 1. The fourth-order valence-corrected chi connectivity index (χ4v) is 1.26. The van der Waals surface area contributed by atoms with Crippen molar-refractivity contribution in [2.45, 2.75) is 0 Å². The number of hydrogen-bond acceptors (Lipinski definition) is 6. The maximum Gasteiger partial charge on any atom is 0.287 e. The lowest BCUT2D eigenvalue weighted by atomic mass is 10.3. The van der Waals surface area contributed by atoms with E-state index in [0.717, 1.165) is 6.20 Å². The lowest BCUT2D eigenvalue weighted by Gasteiger charge is -2.06. The molecule has 0 spiro atoms. The molecule has 2 N–H and O–H groups in total. The Morgan fingerprint density at radius 3 is 2.53 bits per heavy atom. The van der Waals surface area contributed by atoms with Crippen molar-refractivity contribution >= 4 is 17.4 Å². The molecule has 0 aliphatic carbocycles. The molecule has 1 amide bonds. The minimum Gasteiger partial charge on any atom is -0.282 e. The molecule has 0 aliphatic heterocycles. The van der Waals surface area contributed by atoms with Crippen molar-refractivity contribution in [3.63, 3.8) is 0 Å². The number of carbonyl (C=O) groups excluding carboxylic acids is 1. The molecule has 0 atom stereocenters. The van der Waals surface area contributed by atoms with Crippen LogP contribution in [0.3, 0.4) is 0 Å². The monoisotopic (exact) mass is 259 g/mol. The van der Waals surface area contributed by atoms with Crippen LogP contribution in [0.4, 0.5) is 11.5 Å². The highest BCUT2D eigenvalue weighted by Crippen LogP contribution is 2.10. The molecule has 96 valence electrons. The number of hydrazine groups is 1. The Morgan fingerprint density at radius 2 is 1.95 bits per heavy atom. The molecule has 19 heavy (non-hydrogen) atoms. The molecule has 0 unspecified atom stereocenters. The number of rotatable bonds is 4. The Labute approximate surface area is 107 Å². The van der Waals surface area contributed by atoms with Gasteiger partial charge in [0.05, 0.1) is 4.92 Å². The number of carbonyl (C=O) groups is 1. The number of pyridine rings is 2. The van der Waals surface area contributed by atoms with Gasteiger partial charge in [0, 0.05) is 24.0 Å². The van der Waals surface area contributed by atoms with Gasteiger partial charge >= 0.3 is 0 Å². The van der Waals surface area contributed by atoms with Gasteiger partial charge in [-0.05, 0) is 18.2 Å². The molecule has 2 aromatic heterocycles. The van der Waals surface area contributed by atoms with Crippen LogP contribution < -0.4 is 10.9 Å². The van der Waals surface area contributed by atoms with E-state index in [-0.39, 0.29) is 11.6 Å². The maximum atomic E-state index is 11.7. The number of nitrogens with one attached hydrogen (secondary N) is 2. The smallest absolute Gasteiger partial charge is 0.282 e. The van der Waals surface area contributed by atoms with Crippen LogP contribution in [0, 0.1) is 10.1 Å². The van der Waals surface area contributed by atoms with Crippen molar-refractivity contribution in [1.82, 2.24) is 15.4 Å². The summed E-state index contributed by atoms with van der Waals surface area (Å²) in [6.45, 7) is 0. The van der Waals surface area contributed by atoms with Crippen LogP contribution in [-0.4, -0.2) is 20.8 Å². The third-order valence-corrected chi connectivity index (χ3v) is 2.21. The van der Waals surface area contributed by atoms with Gasteiger partial charge in [-0.15, -0.1) is 0 Å². The average Bonchev–Trinajstić information content (AvgIpc) is 2.46. The first-order valence-corrected chi connectivity index (χ1v) is 5.23. The molecule has 0 radical (unpaired) electrons. The summed E-state index contributed by atoms with van der Waals surface area (Å²) in [5, 5.41) is 10.4. The molecule has 2 aromatic rings. The Balaban J connectivity index is 1.95. The van der Waals surface area contributed by atoms with E-state index < -0.39 is 4.92 Å². The predicted octanol–water partition coefficient (Wildman–Crippen LogP) is 1.14. The quantitative estimate of drug-likeness (QED) is 0.629. The van der Waals surface area contributed by atoms with Crippen LogP contribution in [0.5, 0.6) is 0 Å². The minimum atomic E-state index is -0.549. The van der Waals surface area contributed by atoms with Crippen molar-refractivity contribution in [3.8, 4) is 0 Å². The molecule has 8 heteroatoms. The summed E-state index contributed by atoms with van der Waals surface area (Å²) in [6, 6.07) is 5.79. The van der Waals surface area contributed by atoms with E-state index in [1.165, 1.54) is 24.5 Å². The zero-order valence-electron chi connectivity index (χ0n) is 9.61. The molecule has 0 aliphatic rings. The van der Waals surface area contributed by atoms with Crippen molar-refractivity contribution in [1.29, 1.82) is 0 Å². The van der Waals surface area contributed by atoms with Crippen molar-refractivity contribution in [2.75, 3.05) is 5.43 Å². The summed E-state index contributed by atoms with van der Waals surface area (Å²) < 4.78 is 0. The zero-order chi connectivity index (χ0) is 13.7. The van der Waals surface area contributed by atoms with E-state index in [1.807, 2.05) is 0 Å². The van der Waals surface area contributed by atoms with Crippen molar-refractivity contribution < 1.29 is 9.72 Å². The van der Waals surface area contributed by atoms with E-state index in [4.69, 9.17) is 0 Å². The summed E-state index contributed by atoms with van der Waals surface area (Å²) in [6.07, 6.45) is 4.10. The third-order valence-electron chi connectivity index (χ3n) is 2.21. The van der Waals surface area contributed by atoms with Gasteiger partial charge in [0.25, 0.3) is 11.6 Å². The SMILES string of the molecule is O=C(NNc1ccc([N+](=O)[O-])cn1)c1ccncc1. The van der Waals surface area contributed by atoms with E-state index in [0.29, 0.717) is 11.4 Å². The van der Waals surface area contributed by atoms with E-state index in [1.54, 1.807) is 12.1 Å². The number of hydrogen-bond donors (Lipinski definition) is 2. The van der Waals surface area contributed by atoms with Gasteiger partial charge in [-0.25, -0.2) is 4.98 Å². The summed E-state index contributed by atoms with van der Waals surface area (Å²) in [4.78, 5) is 29.1. The number of nitro groups is 1. The van der Waals surface area contributed by atoms with Crippen molar-refractivity contribution in [2.24, 2.45) is 0 Å². The molecule has 2 rings (SSSR count).